The Morgan fingerprint density at radius 1 is 1.31 bits per heavy atom. The van der Waals surface area contributed by atoms with Crippen LogP contribution in [0.15, 0.2) is 43.0 Å². The normalized spacial score (nSPS) is 11.8. The number of hydrogen-bond donors (Lipinski definition) is 1. The number of Topliss-reactive ketones (excluding diaryl/α,β-unsaturated/α-hetero) is 2. The van der Waals surface area contributed by atoms with Crippen LogP contribution in [0.4, 0.5) is 0 Å². The Kier molecular flexibility index (Phi) is 4.61. The monoisotopic (exact) mass is 218 g/mol. The Morgan fingerprint density at radius 2 is 1.94 bits per heavy atom. The van der Waals surface area contributed by atoms with Gasteiger partial charge in [-0.2, -0.15) is 0 Å². The van der Waals surface area contributed by atoms with Crippen LogP contribution in [0.1, 0.15) is 23.2 Å². The van der Waals surface area contributed by atoms with E-state index in [4.69, 9.17) is 0 Å². The van der Waals surface area contributed by atoms with Crippen molar-refractivity contribution in [1.29, 1.82) is 0 Å². The van der Waals surface area contributed by atoms with Crippen LogP contribution in [0, 0.1) is 0 Å². The highest BCUT2D eigenvalue weighted by molar-refractivity contribution is 6.09. The molecule has 0 aliphatic heterocycles. The summed E-state index contributed by atoms with van der Waals surface area (Å²) in [5.41, 5.74) is 0.488. The summed E-state index contributed by atoms with van der Waals surface area (Å²) in [6, 6.07) is 8.56. The number of carbonyl (C=O) groups is 2. The summed E-state index contributed by atoms with van der Waals surface area (Å²) < 4.78 is 0. The third kappa shape index (κ3) is 3.44. The van der Waals surface area contributed by atoms with Gasteiger partial charge in [0.2, 0.25) is 0 Å². The Hall–Kier alpha value is -1.74. The van der Waals surface area contributed by atoms with Gasteiger partial charge < -0.3 is 5.11 Å². The second-order valence-electron chi connectivity index (χ2n) is 3.47. The number of aliphatic hydroxyl groups excluding tert-OH is 1. The fourth-order valence-electron chi connectivity index (χ4n) is 1.29. The minimum Gasteiger partial charge on any atom is -0.385 e. The highest BCUT2D eigenvalue weighted by Crippen LogP contribution is 2.06. The van der Waals surface area contributed by atoms with E-state index in [1.54, 1.807) is 30.3 Å². The number of benzene rings is 1. The van der Waals surface area contributed by atoms with Crippen LogP contribution in [-0.2, 0) is 4.79 Å². The number of carbonyl (C=O) groups excluding carboxylic acids is 2. The summed E-state index contributed by atoms with van der Waals surface area (Å²) in [6.45, 7) is 3.42. The first kappa shape index (κ1) is 12.3. The zero-order valence-corrected chi connectivity index (χ0v) is 8.93. The van der Waals surface area contributed by atoms with Crippen LogP contribution in [-0.4, -0.2) is 22.8 Å². The predicted octanol–water partition coefficient (Wildman–Crippen LogP) is 1.77. The topological polar surface area (TPSA) is 54.4 Å². The lowest BCUT2D eigenvalue weighted by Gasteiger charge is -2.05. The zero-order chi connectivity index (χ0) is 12.0. The van der Waals surface area contributed by atoms with Crippen molar-refractivity contribution in [2.24, 2.45) is 0 Å². The summed E-state index contributed by atoms with van der Waals surface area (Å²) in [5, 5.41) is 9.34. The van der Waals surface area contributed by atoms with Crippen LogP contribution in [0.3, 0.4) is 0 Å². The van der Waals surface area contributed by atoms with Gasteiger partial charge in [-0.25, -0.2) is 0 Å². The Labute approximate surface area is 94.4 Å². The molecule has 0 radical (unpaired) electrons. The summed E-state index contributed by atoms with van der Waals surface area (Å²) >= 11 is 0. The van der Waals surface area contributed by atoms with Gasteiger partial charge in [-0.1, -0.05) is 36.4 Å². The maximum Gasteiger partial charge on any atom is 0.170 e. The van der Waals surface area contributed by atoms with Crippen LogP contribution < -0.4 is 0 Å². The molecule has 1 atom stereocenters. The van der Waals surface area contributed by atoms with Gasteiger partial charge in [0.1, 0.15) is 6.10 Å². The first-order chi connectivity index (χ1) is 7.65. The van der Waals surface area contributed by atoms with E-state index in [1.165, 1.54) is 6.08 Å². The Bertz CT molecular complexity index is 381. The second kappa shape index (κ2) is 5.98. The fraction of sp³-hybridized carbons (Fsp3) is 0.231. The Morgan fingerprint density at radius 3 is 2.50 bits per heavy atom. The van der Waals surface area contributed by atoms with Crippen molar-refractivity contribution < 1.29 is 14.7 Å². The van der Waals surface area contributed by atoms with Crippen molar-refractivity contribution >= 4 is 11.6 Å². The molecular formula is C13H14O3. The first-order valence-corrected chi connectivity index (χ1v) is 5.05. The SMILES string of the molecule is C=CCC(O)C(=O)CC(=O)c1ccccc1. The van der Waals surface area contributed by atoms with Crippen LogP contribution >= 0.6 is 0 Å². The summed E-state index contributed by atoms with van der Waals surface area (Å²) in [7, 11) is 0. The molecule has 0 heterocycles. The van der Waals surface area contributed by atoms with E-state index >= 15 is 0 Å². The van der Waals surface area contributed by atoms with Gasteiger partial charge in [0.25, 0.3) is 0 Å². The molecule has 1 aromatic carbocycles. The van der Waals surface area contributed by atoms with Gasteiger partial charge in [0.05, 0.1) is 6.42 Å². The van der Waals surface area contributed by atoms with Crippen molar-refractivity contribution in [3.63, 3.8) is 0 Å². The molecule has 0 bridgehead atoms. The quantitative estimate of drug-likeness (QED) is 0.449. The lowest BCUT2D eigenvalue weighted by atomic mass is 10.0. The molecule has 1 unspecified atom stereocenters. The first-order valence-electron chi connectivity index (χ1n) is 5.05. The van der Waals surface area contributed by atoms with Crippen molar-refractivity contribution in [3.05, 3.63) is 48.6 Å². The van der Waals surface area contributed by atoms with Gasteiger partial charge in [0.15, 0.2) is 11.6 Å². The minimum absolute atomic E-state index is 0.181. The van der Waals surface area contributed by atoms with E-state index in [9.17, 15) is 14.7 Å². The highest BCUT2D eigenvalue weighted by atomic mass is 16.3. The van der Waals surface area contributed by atoms with Crippen molar-refractivity contribution in [2.75, 3.05) is 0 Å². The smallest absolute Gasteiger partial charge is 0.170 e. The van der Waals surface area contributed by atoms with E-state index in [1.807, 2.05) is 0 Å². The lowest BCUT2D eigenvalue weighted by molar-refractivity contribution is -0.126. The molecule has 0 aromatic heterocycles. The highest BCUT2D eigenvalue weighted by Gasteiger charge is 2.17. The summed E-state index contributed by atoms with van der Waals surface area (Å²) in [4.78, 5) is 23.0. The molecular weight excluding hydrogens is 204 g/mol. The molecule has 0 saturated heterocycles. The molecule has 84 valence electrons. The molecule has 0 spiro atoms. The maximum absolute atomic E-state index is 11.6. The van der Waals surface area contributed by atoms with Crippen LogP contribution in [0.5, 0.6) is 0 Å². The van der Waals surface area contributed by atoms with E-state index < -0.39 is 11.9 Å². The second-order valence-corrected chi connectivity index (χ2v) is 3.47. The van der Waals surface area contributed by atoms with E-state index in [2.05, 4.69) is 6.58 Å². The number of ketones is 2. The average molecular weight is 218 g/mol. The third-order valence-corrected chi connectivity index (χ3v) is 2.19. The molecule has 16 heavy (non-hydrogen) atoms. The summed E-state index contributed by atoms with van der Waals surface area (Å²) in [5.74, 6) is -0.734. The molecule has 1 rings (SSSR count). The largest absolute Gasteiger partial charge is 0.385 e. The third-order valence-electron chi connectivity index (χ3n) is 2.19. The van der Waals surface area contributed by atoms with Gasteiger partial charge in [-0.15, -0.1) is 6.58 Å². The lowest BCUT2D eigenvalue weighted by Crippen LogP contribution is -2.22. The predicted molar refractivity (Wildman–Crippen MR) is 61.2 cm³/mol. The van der Waals surface area contributed by atoms with E-state index in [0.29, 0.717) is 5.56 Å². The molecule has 0 aliphatic rings. The van der Waals surface area contributed by atoms with Crippen LogP contribution in [0.25, 0.3) is 0 Å². The molecule has 0 amide bonds. The van der Waals surface area contributed by atoms with Gasteiger partial charge in [0, 0.05) is 5.56 Å². The number of rotatable bonds is 6. The van der Waals surface area contributed by atoms with E-state index in [0.717, 1.165) is 0 Å². The summed E-state index contributed by atoms with van der Waals surface area (Å²) in [6.07, 6.45) is 0.250. The molecule has 3 heteroatoms. The van der Waals surface area contributed by atoms with Gasteiger partial charge >= 0.3 is 0 Å². The van der Waals surface area contributed by atoms with Crippen LogP contribution in [0.2, 0.25) is 0 Å². The molecule has 3 nitrogen and oxygen atoms in total. The zero-order valence-electron chi connectivity index (χ0n) is 8.93. The van der Waals surface area contributed by atoms with Crippen molar-refractivity contribution in [1.82, 2.24) is 0 Å². The average Bonchev–Trinajstić information content (AvgIpc) is 2.30. The number of aliphatic hydroxyl groups is 1. The van der Waals surface area contributed by atoms with Gasteiger partial charge in [-0.05, 0) is 6.42 Å². The fourth-order valence-corrected chi connectivity index (χ4v) is 1.29. The van der Waals surface area contributed by atoms with Crippen molar-refractivity contribution in [2.45, 2.75) is 18.9 Å². The molecule has 0 fully saturated rings. The van der Waals surface area contributed by atoms with E-state index in [-0.39, 0.29) is 18.6 Å². The molecule has 0 saturated carbocycles. The minimum atomic E-state index is -1.12. The van der Waals surface area contributed by atoms with Crippen molar-refractivity contribution in [3.8, 4) is 0 Å². The Balaban J connectivity index is 2.58. The molecule has 1 aromatic rings. The number of hydrogen-bond acceptors (Lipinski definition) is 3. The standard InChI is InChI=1S/C13H14O3/c1-2-6-11(14)13(16)9-12(15)10-7-4-3-5-8-10/h2-5,7-8,11,14H,1,6,9H2. The maximum atomic E-state index is 11.6. The van der Waals surface area contributed by atoms with Gasteiger partial charge in [-0.3, -0.25) is 9.59 Å². The molecule has 0 aliphatic carbocycles. The molecule has 1 N–H and O–H groups in total.